The second-order valence-corrected chi connectivity index (χ2v) is 12.3. The highest BCUT2D eigenvalue weighted by molar-refractivity contribution is 5.74. The maximum Gasteiger partial charge on any atom is 0.429 e. The number of nitrogens with zero attached hydrogens (tertiary/aromatic N) is 5. The van der Waals surface area contributed by atoms with E-state index < -0.39 is 41.8 Å². The van der Waals surface area contributed by atoms with Gasteiger partial charge in [-0.05, 0) is 79.5 Å². The van der Waals surface area contributed by atoms with Crippen molar-refractivity contribution >= 4 is 17.7 Å². The van der Waals surface area contributed by atoms with Crippen LogP contribution in [0.15, 0.2) is 54.7 Å². The average molecular weight is 672 g/mol. The summed E-state index contributed by atoms with van der Waals surface area (Å²) >= 11 is 0. The fraction of sp³-hybridized carbons (Fsp3) is 0.394. The molecule has 2 aromatic carbocycles. The van der Waals surface area contributed by atoms with Crippen LogP contribution in [0.25, 0.3) is 16.8 Å². The van der Waals surface area contributed by atoms with Crippen molar-refractivity contribution < 1.29 is 36.6 Å². The largest absolute Gasteiger partial charge is 0.480 e. The van der Waals surface area contributed by atoms with Crippen molar-refractivity contribution in [3.8, 4) is 22.7 Å². The summed E-state index contributed by atoms with van der Waals surface area (Å²) in [6.07, 6.45) is -3.48. The number of carboxylic acids is 1. The third-order valence-electron chi connectivity index (χ3n) is 9.32. The lowest BCUT2D eigenvalue weighted by molar-refractivity contribution is -0.198. The van der Waals surface area contributed by atoms with Gasteiger partial charge in [-0.15, -0.1) is 0 Å². The van der Waals surface area contributed by atoms with E-state index in [0.717, 1.165) is 18.6 Å². The summed E-state index contributed by atoms with van der Waals surface area (Å²) in [7, 11) is 0. The van der Waals surface area contributed by atoms with Gasteiger partial charge in [0.2, 0.25) is 17.9 Å². The quantitative estimate of drug-likeness (QED) is 0.193. The molecule has 0 radical (unpaired) electrons. The molecule has 2 fully saturated rings. The van der Waals surface area contributed by atoms with Gasteiger partial charge in [0.15, 0.2) is 11.6 Å². The normalized spacial score (nSPS) is 19.9. The number of halogens is 5. The van der Waals surface area contributed by atoms with Gasteiger partial charge in [-0.2, -0.15) is 28.2 Å². The Morgan fingerprint density at radius 1 is 1.08 bits per heavy atom. The topological polar surface area (TPSA) is 131 Å². The van der Waals surface area contributed by atoms with Crippen LogP contribution in [0, 0.1) is 24.0 Å². The molecule has 3 atom stereocenters. The molecule has 2 unspecified atom stereocenters. The van der Waals surface area contributed by atoms with E-state index in [1.165, 1.54) is 41.2 Å². The van der Waals surface area contributed by atoms with Crippen molar-refractivity contribution in [3.05, 3.63) is 77.6 Å². The number of piperidine rings is 1. The molecule has 48 heavy (non-hydrogen) atoms. The molecule has 0 saturated carbocycles. The van der Waals surface area contributed by atoms with Crippen molar-refractivity contribution in [2.24, 2.45) is 5.41 Å². The lowest BCUT2D eigenvalue weighted by atomic mass is 9.71. The van der Waals surface area contributed by atoms with Crippen molar-refractivity contribution in [1.82, 2.24) is 25.1 Å². The molecule has 2 aliphatic rings. The lowest BCUT2D eigenvalue weighted by Crippen LogP contribution is -2.46. The number of aromatic nitrogens is 4. The number of rotatable bonds is 8. The lowest BCUT2D eigenvalue weighted by Gasteiger charge is -2.43. The van der Waals surface area contributed by atoms with E-state index in [9.17, 15) is 31.9 Å². The molecular weight excluding hydrogens is 637 g/mol. The van der Waals surface area contributed by atoms with Crippen molar-refractivity contribution in [2.45, 2.75) is 63.9 Å². The van der Waals surface area contributed by atoms with E-state index in [0.29, 0.717) is 38.0 Å². The number of anilines is 2. The molecule has 4 aromatic rings. The van der Waals surface area contributed by atoms with Gasteiger partial charge in [-0.3, -0.25) is 4.79 Å². The van der Waals surface area contributed by atoms with E-state index in [1.54, 1.807) is 13.0 Å². The molecular formula is C33H34F5N7O3. The van der Waals surface area contributed by atoms with Crippen LogP contribution in [0.3, 0.4) is 0 Å². The van der Waals surface area contributed by atoms with E-state index in [-0.39, 0.29) is 45.6 Å². The Morgan fingerprint density at radius 2 is 1.79 bits per heavy atom. The molecule has 0 amide bonds. The molecule has 4 N–H and O–H groups in total. The molecule has 2 aromatic heterocycles. The third kappa shape index (κ3) is 6.50. The summed E-state index contributed by atoms with van der Waals surface area (Å²) in [5, 5.41) is 17.1. The summed E-state index contributed by atoms with van der Waals surface area (Å²) in [5.74, 6) is -3.55. The summed E-state index contributed by atoms with van der Waals surface area (Å²) in [6, 6.07) is 9.49. The molecule has 15 heteroatoms. The van der Waals surface area contributed by atoms with Crippen LogP contribution in [-0.4, -0.2) is 62.2 Å². The molecule has 2 saturated heterocycles. The van der Waals surface area contributed by atoms with Crippen LogP contribution in [-0.2, 0) is 4.79 Å². The fourth-order valence-electron chi connectivity index (χ4n) is 6.93. The Morgan fingerprint density at radius 3 is 2.42 bits per heavy atom. The molecule has 254 valence electrons. The van der Waals surface area contributed by atoms with Crippen LogP contribution in [0.5, 0.6) is 5.88 Å². The maximum atomic E-state index is 14.9. The van der Waals surface area contributed by atoms with Crippen molar-refractivity contribution in [1.29, 1.82) is 0 Å². The molecule has 2 aliphatic heterocycles. The number of carbonyl (C=O) groups is 1. The summed E-state index contributed by atoms with van der Waals surface area (Å²) in [4.78, 5) is 21.8. The number of hydrogen-bond donors (Lipinski definition) is 3. The third-order valence-corrected chi connectivity index (χ3v) is 9.32. The Balaban J connectivity index is 1.33. The number of nitrogens with one attached hydrogen (secondary N) is 1. The first-order valence-corrected chi connectivity index (χ1v) is 15.5. The number of alkyl halides is 3. The monoisotopic (exact) mass is 671 g/mol. The highest BCUT2D eigenvalue weighted by atomic mass is 19.4. The number of nitrogens with two attached hydrogens (primary N) is 1. The first-order chi connectivity index (χ1) is 22.8. The molecule has 0 bridgehead atoms. The minimum absolute atomic E-state index is 0.0255. The standard InChI is InChI=1S/C33H34F5N7O3/c1-3-26-32(17-24(40-26)30(46)47)9-12-44(13-10-32)27-16-28(42-31(39)41-27)48-29(33(36,37)38)21-14-19(20-4-6-22(34)23(35)15-20)5-7-25(21)45-11-8-18(2)43-45/h4-8,11,14-16,24,26,29,40H,3,9-10,12-13,17H2,1-2H3,(H,46,47)(H2,39,41,42)/t24?,26?,29-/m1/s1. The van der Waals surface area contributed by atoms with Crippen molar-refractivity contribution in [2.75, 3.05) is 23.7 Å². The number of aliphatic carboxylic acids is 1. The molecule has 10 nitrogen and oxygen atoms in total. The maximum absolute atomic E-state index is 14.9. The van der Waals surface area contributed by atoms with Crippen LogP contribution in [0.1, 0.15) is 50.0 Å². The van der Waals surface area contributed by atoms with E-state index in [1.807, 2.05) is 11.8 Å². The Kier molecular flexibility index (Phi) is 8.75. The van der Waals surface area contributed by atoms with Gasteiger partial charge < -0.3 is 25.8 Å². The zero-order valence-electron chi connectivity index (χ0n) is 26.1. The number of benzene rings is 2. The van der Waals surface area contributed by atoms with E-state index >= 15 is 0 Å². The highest BCUT2D eigenvalue weighted by Gasteiger charge is 2.50. The van der Waals surface area contributed by atoms with E-state index in [4.69, 9.17) is 10.5 Å². The van der Waals surface area contributed by atoms with Gasteiger partial charge in [-0.1, -0.05) is 19.1 Å². The smallest absolute Gasteiger partial charge is 0.429 e. The second kappa shape index (κ2) is 12.7. The minimum Gasteiger partial charge on any atom is -0.480 e. The SMILES string of the molecule is CCC1NC(C(=O)O)CC12CCN(c1cc(O[C@H](c3cc(-c4ccc(F)c(F)c4)ccc3-n3ccc(C)n3)C(F)(F)F)nc(N)n1)CC2. The summed E-state index contributed by atoms with van der Waals surface area (Å²) in [6.45, 7) is 4.64. The Hall–Kier alpha value is -4.79. The predicted molar refractivity (Wildman–Crippen MR) is 167 cm³/mol. The Bertz CT molecular complexity index is 1820. The fourth-order valence-corrected chi connectivity index (χ4v) is 6.93. The minimum atomic E-state index is -4.97. The molecule has 4 heterocycles. The first-order valence-electron chi connectivity index (χ1n) is 15.5. The zero-order chi connectivity index (χ0) is 34.4. The van der Waals surface area contributed by atoms with Crippen LogP contribution in [0.2, 0.25) is 0 Å². The summed E-state index contributed by atoms with van der Waals surface area (Å²) in [5.41, 5.74) is 6.37. The Labute approximate surface area is 272 Å². The van der Waals surface area contributed by atoms with Crippen LogP contribution < -0.4 is 20.7 Å². The number of hydrogen-bond acceptors (Lipinski definition) is 8. The number of nitrogen functional groups attached to an aromatic ring is 1. The van der Waals surface area contributed by atoms with Crippen molar-refractivity contribution in [3.63, 3.8) is 0 Å². The van der Waals surface area contributed by atoms with E-state index in [2.05, 4.69) is 20.4 Å². The molecule has 6 rings (SSSR count). The second-order valence-electron chi connectivity index (χ2n) is 12.3. The highest BCUT2D eigenvalue weighted by Crippen LogP contribution is 2.46. The molecule has 0 aliphatic carbocycles. The van der Waals surface area contributed by atoms with Gasteiger partial charge in [0.1, 0.15) is 11.9 Å². The predicted octanol–water partition coefficient (Wildman–Crippen LogP) is 5.99. The van der Waals surface area contributed by atoms with Crippen LogP contribution >= 0.6 is 0 Å². The van der Waals surface area contributed by atoms with Gasteiger partial charge in [0, 0.05) is 37.0 Å². The number of carboxylic acid groups (broad SMARTS) is 1. The van der Waals surface area contributed by atoms with Gasteiger partial charge in [-0.25, -0.2) is 13.5 Å². The first kappa shape index (κ1) is 33.1. The van der Waals surface area contributed by atoms with Gasteiger partial charge >= 0.3 is 12.1 Å². The number of aryl methyl sites for hydroxylation is 1. The van der Waals surface area contributed by atoms with Gasteiger partial charge in [0.25, 0.3) is 0 Å². The summed E-state index contributed by atoms with van der Waals surface area (Å²) < 4.78 is 79.4. The van der Waals surface area contributed by atoms with Crippen LogP contribution in [0.4, 0.5) is 33.7 Å². The zero-order valence-corrected chi connectivity index (χ0v) is 26.1. The average Bonchev–Trinajstić information content (AvgIpc) is 3.64. The number of ether oxygens (including phenoxy) is 1. The van der Waals surface area contributed by atoms with Gasteiger partial charge in [0.05, 0.1) is 11.4 Å². The molecule has 1 spiro atoms.